The molecule has 0 radical (unpaired) electrons. The predicted octanol–water partition coefficient (Wildman–Crippen LogP) is 3.21. The molecule has 2 saturated heterocycles. The van der Waals surface area contributed by atoms with Gasteiger partial charge in [0.25, 0.3) is 0 Å². The first-order valence-corrected chi connectivity index (χ1v) is 12.0. The number of aryl methyl sites for hydroxylation is 1. The van der Waals surface area contributed by atoms with Crippen LogP contribution in [-0.4, -0.2) is 37.6 Å². The summed E-state index contributed by atoms with van der Waals surface area (Å²) in [5, 5.41) is 0. The SMILES string of the molecule is CC(=O)c1ccc(S(=O)(=O)N2CCC(C3CC(c4cccc(C)c4)NN3)CC2)cc1. The quantitative estimate of drug-likeness (QED) is 0.717. The van der Waals surface area contributed by atoms with Gasteiger partial charge in [0.05, 0.1) is 4.90 Å². The van der Waals surface area contributed by atoms with Gasteiger partial charge in [-0.3, -0.25) is 15.6 Å². The number of Topliss-reactive ketones (excluding diaryl/α,β-unsaturated/α-hetero) is 1. The lowest BCUT2D eigenvalue weighted by molar-refractivity contribution is 0.101. The van der Waals surface area contributed by atoms with Crippen LogP contribution in [0.3, 0.4) is 0 Å². The molecule has 0 amide bonds. The van der Waals surface area contributed by atoms with Crippen LogP contribution in [0.15, 0.2) is 53.4 Å². The average molecular weight is 428 g/mol. The topological polar surface area (TPSA) is 78.5 Å². The Balaban J connectivity index is 1.36. The number of hydrogen-bond acceptors (Lipinski definition) is 5. The van der Waals surface area contributed by atoms with Crippen LogP contribution in [0.5, 0.6) is 0 Å². The standard InChI is InChI=1S/C23H29N3O3S/c1-16-4-3-5-20(14-16)23-15-22(24-25-23)19-10-12-26(13-11-19)30(28,29)21-8-6-18(7-9-21)17(2)27/h3-9,14,19,22-25H,10-13,15H2,1-2H3. The minimum Gasteiger partial charge on any atom is -0.295 e. The zero-order valence-corrected chi connectivity index (χ0v) is 18.3. The predicted molar refractivity (Wildman–Crippen MR) is 117 cm³/mol. The van der Waals surface area contributed by atoms with Gasteiger partial charge in [0, 0.05) is 30.7 Å². The molecule has 0 saturated carbocycles. The van der Waals surface area contributed by atoms with Crippen molar-refractivity contribution in [2.75, 3.05) is 13.1 Å². The largest absolute Gasteiger partial charge is 0.295 e. The highest BCUT2D eigenvalue weighted by atomic mass is 32.2. The Labute approximate surface area is 178 Å². The van der Waals surface area contributed by atoms with Crippen molar-refractivity contribution >= 4 is 15.8 Å². The maximum atomic E-state index is 13.0. The fourth-order valence-corrected chi connectivity index (χ4v) is 5.99. The van der Waals surface area contributed by atoms with Gasteiger partial charge >= 0.3 is 0 Å². The van der Waals surface area contributed by atoms with Gasteiger partial charge in [0.2, 0.25) is 10.0 Å². The summed E-state index contributed by atoms with van der Waals surface area (Å²) in [6.45, 7) is 4.63. The van der Waals surface area contributed by atoms with Gasteiger partial charge < -0.3 is 0 Å². The lowest BCUT2D eigenvalue weighted by atomic mass is 9.87. The van der Waals surface area contributed by atoms with E-state index in [0.29, 0.717) is 30.6 Å². The Kier molecular flexibility index (Phi) is 6.06. The molecule has 2 atom stereocenters. The van der Waals surface area contributed by atoms with Crippen molar-refractivity contribution < 1.29 is 13.2 Å². The first-order valence-electron chi connectivity index (χ1n) is 10.5. The minimum absolute atomic E-state index is 0.0681. The molecule has 0 spiro atoms. The Bertz CT molecular complexity index is 1010. The van der Waals surface area contributed by atoms with E-state index in [-0.39, 0.29) is 16.7 Å². The first-order chi connectivity index (χ1) is 14.3. The summed E-state index contributed by atoms with van der Waals surface area (Å²) in [5.41, 5.74) is 9.94. The lowest BCUT2D eigenvalue weighted by Crippen LogP contribution is -2.44. The number of sulfonamides is 1. The van der Waals surface area contributed by atoms with Crippen molar-refractivity contribution in [2.24, 2.45) is 5.92 Å². The Morgan fingerprint density at radius 2 is 1.73 bits per heavy atom. The van der Waals surface area contributed by atoms with Crippen LogP contribution in [0.25, 0.3) is 0 Å². The second-order valence-corrected chi connectivity index (χ2v) is 10.4. The molecule has 7 heteroatoms. The summed E-state index contributed by atoms with van der Waals surface area (Å²) in [6, 6.07) is 15.4. The van der Waals surface area contributed by atoms with E-state index in [1.54, 1.807) is 16.4 Å². The summed E-state index contributed by atoms with van der Waals surface area (Å²) >= 11 is 0. The number of hydrogen-bond donors (Lipinski definition) is 2. The molecule has 0 aliphatic carbocycles. The number of benzene rings is 2. The molecular formula is C23H29N3O3S. The number of piperidine rings is 1. The van der Waals surface area contributed by atoms with Crippen LogP contribution in [0.4, 0.5) is 0 Å². The highest BCUT2D eigenvalue weighted by molar-refractivity contribution is 7.89. The molecule has 0 bridgehead atoms. The van der Waals surface area contributed by atoms with Crippen LogP contribution >= 0.6 is 0 Å². The number of carbonyl (C=O) groups is 1. The third-order valence-corrected chi connectivity index (χ3v) is 8.26. The van der Waals surface area contributed by atoms with Gasteiger partial charge in [0.1, 0.15) is 0 Å². The molecule has 2 heterocycles. The average Bonchev–Trinajstić information content (AvgIpc) is 3.24. The number of nitrogens with zero attached hydrogens (tertiary/aromatic N) is 1. The molecule has 2 aromatic rings. The molecule has 2 unspecified atom stereocenters. The summed E-state index contributed by atoms with van der Waals surface area (Å²) in [7, 11) is -3.52. The van der Waals surface area contributed by atoms with Crippen molar-refractivity contribution in [3.05, 3.63) is 65.2 Å². The summed E-state index contributed by atoms with van der Waals surface area (Å²) in [5.74, 6) is 0.375. The lowest BCUT2D eigenvalue weighted by Gasteiger charge is -2.34. The third-order valence-electron chi connectivity index (χ3n) is 6.34. The van der Waals surface area contributed by atoms with Gasteiger partial charge in [-0.1, -0.05) is 42.0 Å². The summed E-state index contributed by atoms with van der Waals surface area (Å²) < 4.78 is 27.5. The highest BCUT2D eigenvalue weighted by Gasteiger charge is 2.36. The van der Waals surface area contributed by atoms with Gasteiger partial charge in [-0.25, -0.2) is 8.42 Å². The molecule has 2 aromatic carbocycles. The summed E-state index contributed by atoms with van der Waals surface area (Å²) in [6.07, 6.45) is 2.68. The number of ketones is 1. The van der Waals surface area contributed by atoms with Crippen molar-refractivity contribution in [2.45, 2.75) is 50.1 Å². The monoisotopic (exact) mass is 427 g/mol. The highest BCUT2D eigenvalue weighted by Crippen LogP contribution is 2.32. The van der Waals surface area contributed by atoms with Crippen LogP contribution in [0.2, 0.25) is 0 Å². The Morgan fingerprint density at radius 1 is 1.03 bits per heavy atom. The van der Waals surface area contributed by atoms with E-state index in [0.717, 1.165) is 19.3 Å². The van der Waals surface area contributed by atoms with Crippen LogP contribution in [0, 0.1) is 12.8 Å². The zero-order chi connectivity index (χ0) is 21.3. The van der Waals surface area contributed by atoms with Gasteiger partial charge in [-0.2, -0.15) is 4.31 Å². The number of hydrazine groups is 1. The second kappa shape index (κ2) is 8.59. The van der Waals surface area contributed by atoms with Crippen molar-refractivity contribution in [3.8, 4) is 0 Å². The van der Waals surface area contributed by atoms with Crippen molar-refractivity contribution in [1.82, 2.24) is 15.2 Å². The molecule has 6 nitrogen and oxygen atoms in total. The van der Waals surface area contributed by atoms with Crippen molar-refractivity contribution in [1.29, 1.82) is 0 Å². The van der Waals surface area contributed by atoms with E-state index in [9.17, 15) is 13.2 Å². The van der Waals surface area contributed by atoms with Gasteiger partial charge in [-0.15, -0.1) is 0 Å². The molecule has 4 rings (SSSR count). The number of rotatable bonds is 5. The molecule has 160 valence electrons. The maximum Gasteiger partial charge on any atom is 0.243 e. The second-order valence-electron chi connectivity index (χ2n) is 8.42. The molecule has 30 heavy (non-hydrogen) atoms. The minimum atomic E-state index is -3.52. The smallest absolute Gasteiger partial charge is 0.243 e. The van der Waals surface area contributed by atoms with Crippen LogP contribution in [0.1, 0.15) is 53.7 Å². The zero-order valence-electron chi connectivity index (χ0n) is 17.5. The van der Waals surface area contributed by atoms with E-state index in [4.69, 9.17) is 0 Å². The van der Waals surface area contributed by atoms with E-state index < -0.39 is 10.0 Å². The normalized spacial score (nSPS) is 23.5. The summed E-state index contributed by atoms with van der Waals surface area (Å²) in [4.78, 5) is 11.7. The molecule has 0 aromatic heterocycles. The Morgan fingerprint density at radius 3 is 2.37 bits per heavy atom. The van der Waals surface area contributed by atoms with E-state index >= 15 is 0 Å². The number of nitrogens with one attached hydrogen (secondary N) is 2. The van der Waals surface area contributed by atoms with Gasteiger partial charge in [0.15, 0.2) is 5.78 Å². The molecular weight excluding hydrogens is 398 g/mol. The van der Waals surface area contributed by atoms with Crippen molar-refractivity contribution in [3.63, 3.8) is 0 Å². The molecule has 2 aliphatic rings. The Hall–Kier alpha value is -2.06. The van der Waals surface area contributed by atoms with E-state index in [1.165, 1.54) is 30.2 Å². The van der Waals surface area contributed by atoms with E-state index in [2.05, 4.69) is 42.0 Å². The first kappa shape index (κ1) is 21.2. The molecule has 2 N–H and O–H groups in total. The van der Waals surface area contributed by atoms with Gasteiger partial charge in [-0.05, 0) is 56.7 Å². The van der Waals surface area contributed by atoms with Crippen LogP contribution < -0.4 is 10.9 Å². The fraction of sp³-hybridized carbons (Fsp3) is 0.435. The fourth-order valence-electron chi connectivity index (χ4n) is 4.53. The molecule has 2 aliphatic heterocycles. The number of carbonyl (C=O) groups excluding carboxylic acids is 1. The third kappa shape index (κ3) is 4.34. The molecule has 2 fully saturated rings. The van der Waals surface area contributed by atoms with Crippen LogP contribution in [-0.2, 0) is 10.0 Å². The van der Waals surface area contributed by atoms with E-state index in [1.807, 2.05) is 0 Å². The maximum absolute atomic E-state index is 13.0.